The maximum absolute atomic E-state index is 8.93. The van der Waals surface area contributed by atoms with Crippen molar-refractivity contribution >= 4 is 11.2 Å². The van der Waals surface area contributed by atoms with E-state index >= 15 is 0 Å². The standard InChI is InChI=1S/C14H14N4O2/c1-20-14-12-13(15-8-16-14)18(9-17-12)11-4-2-10(3-5-11)6-7-19/h2-5,8-9,19H,6-7H2,1H3. The number of benzene rings is 1. The van der Waals surface area contributed by atoms with E-state index in [4.69, 9.17) is 9.84 Å². The first-order valence-electron chi connectivity index (χ1n) is 6.25. The molecule has 0 saturated carbocycles. The highest BCUT2D eigenvalue weighted by Gasteiger charge is 2.11. The molecular weight excluding hydrogens is 256 g/mol. The summed E-state index contributed by atoms with van der Waals surface area (Å²) in [6, 6.07) is 7.91. The third-order valence-electron chi connectivity index (χ3n) is 3.11. The lowest BCUT2D eigenvalue weighted by atomic mass is 10.1. The Morgan fingerprint density at radius 1 is 1.15 bits per heavy atom. The van der Waals surface area contributed by atoms with E-state index in [1.165, 1.54) is 6.33 Å². The van der Waals surface area contributed by atoms with Crippen LogP contribution in [0, 0.1) is 0 Å². The number of aliphatic hydroxyl groups excluding tert-OH is 1. The molecule has 6 heteroatoms. The Morgan fingerprint density at radius 3 is 2.65 bits per heavy atom. The predicted molar refractivity (Wildman–Crippen MR) is 74.0 cm³/mol. The van der Waals surface area contributed by atoms with Gasteiger partial charge in [0.1, 0.15) is 12.7 Å². The molecule has 1 aromatic carbocycles. The van der Waals surface area contributed by atoms with Gasteiger partial charge < -0.3 is 9.84 Å². The fraction of sp³-hybridized carbons (Fsp3) is 0.214. The maximum atomic E-state index is 8.93. The Hall–Kier alpha value is -2.47. The summed E-state index contributed by atoms with van der Waals surface area (Å²) >= 11 is 0. The zero-order valence-corrected chi connectivity index (χ0v) is 11.0. The van der Waals surface area contributed by atoms with E-state index in [1.807, 2.05) is 28.8 Å². The van der Waals surface area contributed by atoms with Gasteiger partial charge in [-0.1, -0.05) is 12.1 Å². The summed E-state index contributed by atoms with van der Waals surface area (Å²) in [5.41, 5.74) is 3.38. The number of aliphatic hydroxyl groups is 1. The van der Waals surface area contributed by atoms with Gasteiger partial charge in [0, 0.05) is 12.3 Å². The summed E-state index contributed by atoms with van der Waals surface area (Å²) in [5.74, 6) is 0.464. The van der Waals surface area contributed by atoms with Gasteiger partial charge in [-0.25, -0.2) is 9.97 Å². The molecule has 0 atom stereocenters. The normalized spacial score (nSPS) is 10.9. The van der Waals surface area contributed by atoms with Crippen molar-refractivity contribution in [3.05, 3.63) is 42.5 Å². The molecule has 0 bridgehead atoms. The molecule has 0 radical (unpaired) electrons. The molecule has 0 aliphatic carbocycles. The summed E-state index contributed by atoms with van der Waals surface area (Å²) in [5, 5.41) is 8.93. The Morgan fingerprint density at radius 2 is 1.95 bits per heavy atom. The van der Waals surface area contributed by atoms with Gasteiger partial charge in [0.25, 0.3) is 0 Å². The summed E-state index contributed by atoms with van der Waals surface area (Å²) in [6.45, 7) is 0.151. The van der Waals surface area contributed by atoms with Crippen LogP contribution >= 0.6 is 0 Å². The minimum atomic E-state index is 0.151. The van der Waals surface area contributed by atoms with E-state index in [-0.39, 0.29) is 6.61 Å². The molecule has 102 valence electrons. The molecule has 0 amide bonds. The summed E-state index contributed by atoms with van der Waals surface area (Å²) in [4.78, 5) is 12.6. The topological polar surface area (TPSA) is 73.1 Å². The molecule has 20 heavy (non-hydrogen) atoms. The van der Waals surface area contributed by atoms with E-state index in [2.05, 4.69) is 15.0 Å². The van der Waals surface area contributed by atoms with E-state index < -0.39 is 0 Å². The highest BCUT2D eigenvalue weighted by molar-refractivity contribution is 5.77. The van der Waals surface area contributed by atoms with Crippen molar-refractivity contribution in [1.82, 2.24) is 19.5 Å². The summed E-state index contributed by atoms with van der Waals surface area (Å²) < 4.78 is 7.05. The molecule has 2 aromatic heterocycles. The Kier molecular flexibility index (Phi) is 3.30. The smallest absolute Gasteiger partial charge is 0.245 e. The van der Waals surface area contributed by atoms with E-state index in [0.717, 1.165) is 11.3 Å². The second kappa shape index (κ2) is 5.26. The van der Waals surface area contributed by atoms with Crippen LogP contribution in [0.5, 0.6) is 5.88 Å². The van der Waals surface area contributed by atoms with Gasteiger partial charge in [-0.2, -0.15) is 4.98 Å². The first kappa shape index (κ1) is 12.6. The Labute approximate surface area is 115 Å². The number of imidazole rings is 1. The molecule has 0 aliphatic heterocycles. The van der Waals surface area contributed by atoms with E-state index in [9.17, 15) is 0 Å². The Bertz CT molecular complexity index is 722. The second-order valence-corrected chi connectivity index (χ2v) is 4.31. The highest BCUT2D eigenvalue weighted by Crippen LogP contribution is 2.22. The van der Waals surface area contributed by atoms with Gasteiger partial charge in [0.05, 0.1) is 7.11 Å². The van der Waals surface area contributed by atoms with Crippen LogP contribution in [0.4, 0.5) is 0 Å². The minimum Gasteiger partial charge on any atom is -0.479 e. The maximum Gasteiger partial charge on any atom is 0.245 e. The highest BCUT2D eigenvalue weighted by atomic mass is 16.5. The number of ether oxygens (including phenoxy) is 1. The van der Waals surface area contributed by atoms with Crippen LogP contribution in [-0.2, 0) is 6.42 Å². The number of hydrogen-bond acceptors (Lipinski definition) is 5. The third kappa shape index (κ3) is 2.10. The van der Waals surface area contributed by atoms with Crippen LogP contribution in [0.15, 0.2) is 36.9 Å². The molecule has 6 nitrogen and oxygen atoms in total. The van der Waals surface area contributed by atoms with Crippen LogP contribution in [0.2, 0.25) is 0 Å². The SMILES string of the molecule is COc1ncnc2c1ncn2-c1ccc(CCO)cc1. The summed E-state index contributed by atoms with van der Waals surface area (Å²) in [6.07, 6.45) is 3.81. The lowest BCUT2D eigenvalue weighted by Gasteiger charge is -2.05. The van der Waals surface area contributed by atoms with Crippen molar-refractivity contribution in [3.63, 3.8) is 0 Å². The van der Waals surface area contributed by atoms with Crippen molar-refractivity contribution < 1.29 is 9.84 Å². The van der Waals surface area contributed by atoms with Crippen molar-refractivity contribution in [3.8, 4) is 11.6 Å². The third-order valence-corrected chi connectivity index (χ3v) is 3.11. The molecule has 0 saturated heterocycles. The number of fused-ring (bicyclic) bond motifs is 1. The first-order valence-corrected chi connectivity index (χ1v) is 6.25. The van der Waals surface area contributed by atoms with Crippen molar-refractivity contribution in [2.75, 3.05) is 13.7 Å². The second-order valence-electron chi connectivity index (χ2n) is 4.31. The average Bonchev–Trinajstić information content (AvgIpc) is 2.92. The first-order chi connectivity index (χ1) is 9.83. The van der Waals surface area contributed by atoms with Crippen molar-refractivity contribution in [2.24, 2.45) is 0 Å². The van der Waals surface area contributed by atoms with Crippen LogP contribution < -0.4 is 4.74 Å². The van der Waals surface area contributed by atoms with Crippen molar-refractivity contribution in [1.29, 1.82) is 0 Å². The van der Waals surface area contributed by atoms with Gasteiger partial charge in [-0.15, -0.1) is 0 Å². The predicted octanol–water partition coefficient (Wildman–Crippen LogP) is 1.36. The van der Waals surface area contributed by atoms with Crippen LogP contribution in [-0.4, -0.2) is 38.3 Å². The zero-order chi connectivity index (χ0) is 13.9. The van der Waals surface area contributed by atoms with Gasteiger partial charge >= 0.3 is 0 Å². The lowest BCUT2D eigenvalue weighted by Crippen LogP contribution is -1.97. The monoisotopic (exact) mass is 270 g/mol. The molecular formula is C14H14N4O2. The zero-order valence-electron chi connectivity index (χ0n) is 11.0. The molecule has 2 heterocycles. The molecule has 3 aromatic rings. The van der Waals surface area contributed by atoms with Gasteiger partial charge in [0.2, 0.25) is 5.88 Å². The molecule has 0 spiro atoms. The van der Waals surface area contributed by atoms with E-state index in [0.29, 0.717) is 23.5 Å². The fourth-order valence-corrected chi connectivity index (χ4v) is 2.10. The van der Waals surface area contributed by atoms with Crippen LogP contribution in [0.25, 0.3) is 16.9 Å². The quantitative estimate of drug-likeness (QED) is 0.775. The lowest BCUT2D eigenvalue weighted by molar-refractivity contribution is 0.299. The number of nitrogens with zero attached hydrogens (tertiary/aromatic N) is 4. The average molecular weight is 270 g/mol. The molecule has 0 fully saturated rings. The molecule has 3 rings (SSSR count). The largest absolute Gasteiger partial charge is 0.479 e. The van der Waals surface area contributed by atoms with Gasteiger partial charge in [-0.3, -0.25) is 4.57 Å². The number of methoxy groups -OCH3 is 1. The fourth-order valence-electron chi connectivity index (χ4n) is 2.10. The minimum absolute atomic E-state index is 0.151. The number of aromatic nitrogens is 4. The summed E-state index contributed by atoms with van der Waals surface area (Å²) in [7, 11) is 1.56. The molecule has 0 unspecified atom stereocenters. The molecule has 1 N–H and O–H groups in total. The number of hydrogen-bond donors (Lipinski definition) is 1. The van der Waals surface area contributed by atoms with Crippen LogP contribution in [0.1, 0.15) is 5.56 Å². The molecule has 0 aliphatic rings. The number of rotatable bonds is 4. The van der Waals surface area contributed by atoms with Gasteiger partial charge in [-0.05, 0) is 24.1 Å². The van der Waals surface area contributed by atoms with Crippen LogP contribution in [0.3, 0.4) is 0 Å². The van der Waals surface area contributed by atoms with Gasteiger partial charge in [0.15, 0.2) is 11.2 Å². The Balaban J connectivity index is 2.06. The van der Waals surface area contributed by atoms with E-state index in [1.54, 1.807) is 13.4 Å². The van der Waals surface area contributed by atoms with Crippen molar-refractivity contribution in [2.45, 2.75) is 6.42 Å².